The Kier molecular flexibility index (Phi) is 11.5. The minimum Gasteiger partial charge on any atom is -0.343 e. The number of nitrogens with zero attached hydrogens (tertiary/aromatic N) is 6. The fourth-order valence-corrected chi connectivity index (χ4v) is 7.47. The molecule has 2 aromatic carbocycles. The van der Waals surface area contributed by atoms with Crippen LogP contribution < -0.4 is 21.3 Å². The van der Waals surface area contributed by atoms with Crippen molar-refractivity contribution in [3.8, 4) is 11.6 Å². The molecule has 6 atom stereocenters. The van der Waals surface area contributed by atoms with Gasteiger partial charge >= 0.3 is 0 Å². The minimum atomic E-state index is -1.35. The highest BCUT2D eigenvalue weighted by atomic mass is 19.1. The van der Waals surface area contributed by atoms with Gasteiger partial charge in [-0.15, -0.1) is 0 Å². The van der Waals surface area contributed by atoms with Gasteiger partial charge in [-0.1, -0.05) is 0 Å². The number of nitrogens with one attached hydrogen (secondary N) is 4. The van der Waals surface area contributed by atoms with Crippen LogP contribution in [0.4, 0.5) is 17.6 Å². The summed E-state index contributed by atoms with van der Waals surface area (Å²) in [7, 11) is 3.19. The van der Waals surface area contributed by atoms with Crippen molar-refractivity contribution in [1.29, 1.82) is 0 Å². The van der Waals surface area contributed by atoms with E-state index in [1.54, 1.807) is 23.2 Å². The second-order valence-corrected chi connectivity index (χ2v) is 14.0. The van der Waals surface area contributed by atoms with E-state index in [2.05, 4.69) is 21.3 Å². The van der Waals surface area contributed by atoms with Crippen molar-refractivity contribution in [2.75, 3.05) is 40.3 Å². The molecule has 4 heterocycles. The van der Waals surface area contributed by atoms with Crippen LogP contribution in [0.2, 0.25) is 0 Å². The Labute approximate surface area is 308 Å². The van der Waals surface area contributed by atoms with Crippen molar-refractivity contribution >= 4 is 45.7 Å². The number of benzene rings is 2. The fourth-order valence-electron chi connectivity index (χ4n) is 7.47. The van der Waals surface area contributed by atoms with Crippen molar-refractivity contribution in [3.63, 3.8) is 0 Å². The topological polar surface area (TPSA) is 159 Å². The van der Waals surface area contributed by atoms with Gasteiger partial charge in [0.05, 0.1) is 60.3 Å². The number of fused-ring (bicyclic) bond motifs is 2. The number of halogens is 4. The normalized spacial score (nSPS) is 21.2. The highest BCUT2D eigenvalue weighted by Crippen LogP contribution is 2.33. The molecule has 14 nitrogen and oxygen atoms in total. The van der Waals surface area contributed by atoms with Gasteiger partial charge in [-0.3, -0.25) is 19.2 Å². The summed E-state index contributed by atoms with van der Waals surface area (Å²) >= 11 is 0. The van der Waals surface area contributed by atoms with E-state index in [0.29, 0.717) is 11.0 Å². The molecule has 0 aliphatic carbocycles. The number of imidazole rings is 2. The lowest BCUT2D eigenvalue weighted by Gasteiger charge is -2.29. The molecule has 0 bridgehead atoms. The molecule has 4 amide bonds. The van der Waals surface area contributed by atoms with Crippen LogP contribution in [0.1, 0.15) is 26.7 Å². The maximum atomic E-state index is 15.1. The van der Waals surface area contributed by atoms with Crippen molar-refractivity contribution in [3.05, 3.63) is 48.0 Å². The van der Waals surface area contributed by atoms with Crippen molar-refractivity contribution in [2.24, 2.45) is 0 Å². The number of carbonyl (C=O) groups is 4. The molecule has 2 aromatic heterocycles. The van der Waals surface area contributed by atoms with E-state index in [1.165, 1.54) is 60.0 Å². The molecule has 290 valence electrons. The molecule has 2 aliphatic rings. The summed E-state index contributed by atoms with van der Waals surface area (Å²) in [5.74, 6) is -2.50. The van der Waals surface area contributed by atoms with E-state index in [9.17, 15) is 28.0 Å². The van der Waals surface area contributed by atoms with E-state index < -0.39 is 71.8 Å². The summed E-state index contributed by atoms with van der Waals surface area (Å²) in [4.78, 5) is 63.9. The summed E-state index contributed by atoms with van der Waals surface area (Å²) in [5.41, 5.74) is 1.38. The first kappa shape index (κ1) is 38.6. The van der Waals surface area contributed by atoms with E-state index in [4.69, 9.17) is 9.97 Å². The van der Waals surface area contributed by atoms with Gasteiger partial charge in [-0.2, -0.15) is 0 Å². The maximum absolute atomic E-state index is 15.1. The standard InChI is InChI=1S/C36H44F4N10O4/c1-19(43-31(51)13-41-3)35(53)47-15-23(39)9-25(47)17-49-29-7-5-21(37)11-27(29)45-33(49)34-46-28-12-22(38)6-8-30(28)50(34)18-26-10-24(40)16-48(26)36(54)20(2)44-32(52)14-42-4/h5-8,11-12,19-20,23-26,41-42H,9-10,13-18H2,1-4H3,(H,43,51)(H,44,52). The Balaban J connectivity index is 1.39. The molecule has 2 fully saturated rings. The van der Waals surface area contributed by atoms with Gasteiger partial charge in [-0.05, 0) is 52.2 Å². The molecular weight excluding hydrogens is 712 g/mol. The van der Waals surface area contributed by atoms with Crippen LogP contribution in [0.5, 0.6) is 0 Å². The molecule has 54 heavy (non-hydrogen) atoms. The number of hydrogen-bond acceptors (Lipinski definition) is 8. The van der Waals surface area contributed by atoms with Gasteiger partial charge in [0.1, 0.15) is 36.1 Å². The van der Waals surface area contributed by atoms with Crippen LogP contribution in [-0.4, -0.2) is 129 Å². The van der Waals surface area contributed by atoms with E-state index in [-0.39, 0.29) is 74.8 Å². The van der Waals surface area contributed by atoms with Gasteiger partial charge in [0.25, 0.3) is 0 Å². The van der Waals surface area contributed by atoms with Crippen molar-refractivity contribution in [2.45, 2.75) is 76.3 Å². The Morgan fingerprint density at radius 3 is 1.46 bits per heavy atom. The van der Waals surface area contributed by atoms with E-state index in [1.807, 2.05) is 0 Å². The first-order valence-electron chi connectivity index (χ1n) is 17.9. The van der Waals surface area contributed by atoms with Gasteiger partial charge in [0.15, 0.2) is 11.6 Å². The molecule has 4 N–H and O–H groups in total. The van der Waals surface area contributed by atoms with E-state index in [0.717, 1.165) is 0 Å². The molecule has 6 unspecified atom stereocenters. The number of carbonyl (C=O) groups excluding carboxylic acids is 4. The molecule has 18 heteroatoms. The monoisotopic (exact) mass is 756 g/mol. The van der Waals surface area contributed by atoms with Crippen LogP contribution in [0.25, 0.3) is 33.7 Å². The highest BCUT2D eigenvalue weighted by molar-refractivity contribution is 5.89. The molecular formula is C36H44F4N10O4. The average molecular weight is 757 g/mol. The van der Waals surface area contributed by atoms with E-state index >= 15 is 8.78 Å². The second kappa shape index (κ2) is 16.1. The third-order valence-corrected chi connectivity index (χ3v) is 9.87. The lowest BCUT2D eigenvalue weighted by Crippen LogP contribution is -2.51. The zero-order valence-electron chi connectivity index (χ0n) is 30.4. The number of alkyl halides is 2. The largest absolute Gasteiger partial charge is 0.343 e. The molecule has 2 aliphatic heterocycles. The summed E-state index contributed by atoms with van der Waals surface area (Å²) in [6.45, 7) is 2.63. The van der Waals surface area contributed by atoms with Gasteiger partial charge in [0, 0.05) is 38.1 Å². The molecule has 0 saturated carbocycles. The lowest BCUT2D eigenvalue weighted by atomic mass is 10.1. The predicted octanol–water partition coefficient (Wildman–Crippen LogP) is 1.66. The molecule has 6 rings (SSSR count). The number of likely N-dealkylation sites (N-methyl/N-ethyl adjacent to an activating group) is 2. The van der Waals surface area contributed by atoms with Gasteiger partial charge in [0.2, 0.25) is 23.6 Å². The van der Waals surface area contributed by atoms with Gasteiger partial charge < -0.3 is 40.2 Å². The van der Waals surface area contributed by atoms with Gasteiger partial charge in [-0.25, -0.2) is 27.5 Å². The molecule has 0 spiro atoms. The number of hydrogen-bond donors (Lipinski definition) is 4. The van der Waals surface area contributed by atoms with Crippen LogP contribution >= 0.6 is 0 Å². The average Bonchev–Trinajstić information content (AvgIpc) is 3.87. The Hall–Kier alpha value is -5.10. The zero-order chi connectivity index (χ0) is 38.8. The quantitative estimate of drug-likeness (QED) is 0.150. The molecule has 4 aromatic rings. The first-order valence-corrected chi connectivity index (χ1v) is 17.9. The smallest absolute Gasteiger partial charge is 0.245 e. The summed E-state index contributed by atoms with van der Waals surface area (Å²) in [5, 5.41) is 10.7. The minimum absolute atomic E-state index is 0.00278. The van der Waals surface area contributed by atoms with Crippen molar-refractivity contribution in [1.82, 2.24) is 50.2 Å². The zero-order valence-corrected chi connectivity index (χ0v) is 30.4. The number of likely N-dealkylation sites (tertiary alicyclic amines) is 2. The molecule has 2 saturated heterocycles. The Bertz CT molecular complexity index is 1910. The Morgan fingerprint density at radius 2 is 1.09 bits per heavy atom. The lowest BCUT2D eigenvalue weighted by molar-refractivity contribution is -0.137. The number of amides is 4. The Morgan fingerprint density at radius 1 is 0.704 bits per heavy atom. The fraction of sp³-hybridized carbons (Fsp3) is 0.500. The van der Waals surface area contributed by atoms with Crippen molar-refractivity contribution < 1.29 is 36.7 Å². The summed E-state index contributed by atoms with van der Waals surface area (Å²) < 4.78 is 62.8. The van der Waals surface area contributed by atoms with Crippen LogP contribution in [0.15, 0.2) is 36.4 Å². The predicted molar refractivity (Wildman–Crippen MR) is 191 cm³/mol. The van der Waals surface area contributed by atoms with Crippen LogP contribution in [0, 0.1) is 11.6 Å². The van der Waals surface area contributed by atoms with Crippen LogP contribution in [-0.2, 0) is 32.3 Å². The maximum Gasteiger partial charge on any atom is 0.245 e. The number of aromatic nitrogens is 4. The number of rotatable bonds is 13. The summed E-state index contributed by atoms with van der Waals surface area (Å²) in [6, 6.07) is 4.68. The third-order valence-electron chi connectivity index (χ3n) is 9.87. The summed E-state index contributed by atoms with van der Waals surface area (Å²) in [6.07, 6.45) is -2.75. The SMILES string of the molecule is CNCC(=O)NC(C)C(=O)N1CC(F)CC1Cn1c(-c2nc3cc(F)ccc3n2CC2CC(F)CN2C(=O)C(C)NC(=O)CNC)nc2cc(F)ccc21. The first-order chi connectivity index (χ1) is 25.8. The highest BCUT2D eigenvalue weighted by Gasteiger charge is 2.40. The van der Waals surface area contributed by atoms with Crippen LogP contribution in [0.3, 0.4) is 0 Å². The second-order valence-electron chi connectivity index (χ2n) is 14.0. The molecule has 0 radical (unpaired) electrons. The third kappa shape index (κ3) is 8.03.